The first-order valence-corrected chi connectivity index (χ1v) is 6.28. The number of hydrogen-bond donors (Lipinski definition) is 2. The van der Waals surface area contributed by atoms with E-state index >= 15 is 0 Å². The molecule has 0 spiro atoms. The Kier molecular flexibility index (Phi) is 4.34. The lowest BCUT2D eigenvalue weighted by Crippen LogP contribution is -2.43. The van der Waals surface area contributed by atoms with Gasteiger partial charge in [-0.1, -0.05) is 12.2 Å². The zero-order valence-electron chi connectivity index (χ0n) is 9.87. The van der Waals surface area contributed by atoms with Crippen LogP contribution in [0.4, 0.5) is 0 Å². The fourth-order valence-corrected chi connectivity index (χ4v) is 2.05. The highest BCUT2D eigenvalue weighted by Crippen LogP contribution is 2.16. The molecule has 1 aromatic rings. The third kappa shape index (κ3) is 3.09. The normalized spacial score (nSPS) is 22.6. The molecule has 0 aliphatic heterocycles. The molecule has 1 amide bonds. The second-order valence-electron chi connectivity index (χ2n) is 4.23. The fourth-order valence-electron chi connectivity index (χ4n) is 1.89. The summed E-state index contributed by atoms with van der Waals surface area (Å²) in [6.07, 6.45) is 4.65. The Hall–Kier alpha value is -1.38. The van der Waals surface area contributed by atoms with E-state index in [4.69, 9.17) is 4.52 Å². The molecular formula is C13H16NO3P. The number of hydrogen-bond acceptors (Lipinski definition) is 3. The predicted octanol–water partition coefficient (Wildman–Crippen LogP) is 1.66. The second-order valence-corrected chi connectivity index (χ2v) is 4.47. The third-order valence-electron chi connectivity index (χ3n) is 2.97. The smallest absolute Gasteiger partial charge is 0.251 e. The lowest BCUT2D eigenvalue weighted by molar-refractivity contribution is 0.0829. The Morgan fingerprint density at radius 1 is 1.28 bits per heavy atom. The van der Waals surface area contributed by atoms with Gasteiger partial charge in [-0.15, -0.1) is 0 Å². The van der Waals surface area contributed by atoms with Crippen molar-refractivity contribution in [2.45, 2.75) is 25.0 Å². The molecule has 1 aliphatic rings. The van der Waals surface area contributed by atoms with E-state index in [9.17, 15) is 9.90 Å². The SMILES string of the molecule is O=C(NC1CC=CCC1O)c1ccc(OP)cc1. The zero-order valence-corrected chi connectivity index (χ0v) is 11.0. The van der Waals surface area contributed by atoms with Gasteiger partial charge in [0.25, 0.3) is 5.91 Å². The van der Waals surface area contributed by atoms with Gasteiger partial charge >= 0.3 is 0 Å². The summed E-state index contributed by atoms with van der Waals surface area (Å²) in [5.74, 6) is 0.502. The minimum Gasteiger partial charge on any atom is -0.480 e. The van der Waals surface area contributed by atoms with E-state index in [1.165, 1.54) is 0 Å². The maximum Gasteiger partial charge on any atom is 0.251 e. The van der Waals surface area contributed by atoms with E-state index in [1.807, 2.05) is 12.2 Å². The van der Waals surface area contributed by atoms with Crippen LogP contribution in [0, 0.1) is 0 Å². The Morgan fingerprint density at radius 3 is 2.56 bits per heavy atom. The van der Waals surface area contributed by atoms with E-state index < -0.39 is 6.10 Å². The van der Waals surface area contributed by atoms with Crippen molar-refractivity contribution >= 4 is 15.4 Å². The number of carbonyl (C=O) groups excluding carboxylic acids is 1. The summed E-state index contributed by atoms with van der Waals surface area (Å²) in [4.78, 5) is 12.0. The minimum absolute atomic E-state index is 0.176. The van der Waals surface area contributed by atoms with Crippen molar-refractivity contribution in [1.82, 2.24) is 5.32 Å². The van der Waals surface area contributed by atoms with E-state index in [2.05, 4.69) is 14.8 Å². The highest BCUT2D eigenvalue weighted by molar-refractivity contribution is 7.10. The summed E-state index contributed by atoms with van der Waals surface area (Å²) >= 11 is 0. The van der Waals surface area contributed by atoms with Crippen molar-refractivity contribution in [3.8, 4) is 5.75 Å². The molecule has 1 aromatic carbocycles. The standard InChI is InChI=1S/C13H16NO3P/c15-12-4-2-1-3-11(12)14-13(16)9-5-7-10(17-18)8-6-9/h1-2,5-8,11-12,15H,3-4,18H2,(H,14,16). The van der Waals surface area contributed by atoms with E-state index in [0.29, 0.717) is 24.2 Å². The Balaban J connectivity index is 2.00. The molecule has 0 saturated heterocycles. The molecule has 18 heavy (non-hydrogen) atoms. The van der Waals surface area contributed by atoms with Gasteiger partial charge in [-0.2, -0.15) is 0 Å². The van der Waals surface area contributed by atoms with Crippen molar-refractivity contribution in [3.63, 3.8) is 0 Å². The number of benzene rings is 1. The van der Waals surface area contributed by atoms with Crippen LogP contribution in [0.15, 0.2) is 36.4 Å². The number of rotatable bonds is 3. The average Bonchev–Trinajstić information content (AvgIpc) is 2.41. The quantitative estimate of drug-likeness (QED) is 0.645. The van der Waals surface area contributed by atoms with Gasteiger partial charge in [-0.3, -0.25) is 4.79 Å². The molecule has 0 radical (unpaired) electrons. The highest BCUT2D eigenvalue weighted by Gasteiger charge is 2.22. The monoisotopic (exact) mass is 265 g/mol. The van der Waals surface area contributed by atoms with Gasteiger partial charge in [0, 0.05) is 5.56 Å². The van der Waals surface area contributed by atoms with Crippen LogP contribution < -0.4 is 9.84 Å². The van der Waals surface area contributed by atoms with Crippen molar-refractivity contribution in [2.75, 3.05) is 0 Å². The first kappa shape index (κ1) is 13.1. The van der Waals surface area contributed by atoms with Gasteiger partial charge in [0.05, 0.1) is 21.6 Å². The van der Waals surface area contributed by atoms with E-state index in [1.54, 1.807) is 24.3 Å². The molecule has 0 bridgehead atoms. The van der Waals surface area contributed by atoms with Crippen molar-refractivity contribution < 1.29 is 14.4 Å². The van der Waals surface area contributed by atoms with Crippen LogP contribution in [0.1, 0.15) is 23.2 Å². The summed E-state index contributed by atoms with van der Waals surface area (Å²) in [6.45, 7) is 0. The predicted molar refractivity (Wildman–Crippen MR) is 72.4 cm³/mol. The average molecular weight is 265 g/mol. The van der Waals surface area contributed by atoms with Gasteiger partial charge in [-0.05, 0) is 37.1 Å². The molecule has 3 atom stereocenters. The maximum atomic E-state index is 12.0. The van der Waals surface area contributed by atoms with Crippen LogP contribution in [-0.4, -0.2) is 23.2 Å². The Labute approximate surface area is 108 Å². The lowest BCUT2D eigenvalue weighted by atomic mass is 9.98. The number of carbonyl (C=O) groups is 1. The molecule has 2 N–H and O–H groups in total. The summed E-state index contributed by atoms with van der Waals surface area (Å²) in [5.41, 5.74) is 0.558. The first-order chi connectivity index (χ1) is 8.70. The highest BCUT2D eigenvalue weighted by atomic mass is 31.0. The van der Waals surface area contributed by atoms with Gasteiger partial charge in [0.1, 0.15) is 5.75 Å². The van der Waals surface area contributed by atoms with Gasteiger partial charge < -0.3 is 14.9 Å². The van der Waals surface area contributed by atoms with Crippen molar-refractivity contribution in [2.24, 2.45) is 0 Å². The Morgan fingerprint density at radius 2 is 1.94 bits per heavy atom. The summed E-state index contributed by atoms with van der Waals surface area (Å²) in [7, 11) is 2.15. The van der Waals surface area contributed by atoms with E-state index in [0.717, 1.165) is 0 Å². The molecule has 0 aromatic heterocycles. The second kappa shape index (κ2) is 5.98. The zero-order chi connectivity index (χ0) is 13.0. The number of aliphatic hydroxyl groups excluding tert-OH is 1. The molecule has 3 unspecified atom stereocenters. The molecular weight excluding hydrogens is 249 g/mol. The van der Waals surface area contributed by atoms with Crippen LogP contribution in [0.2, 0.25) is 0 Å². The number of nitrogens with one attached hydrogen (secondary N) is 1. The molecule has 0 fully saturated rings. The van der Waals surface area contributed by atoms with Gasteiger partial charge in [0.15, 0.2) is 0 Å². The fraction of sp³-hybridized carbons (Fsp3) is 0.308. The van der Waals surface area contributed by atoms with Crippen LogP contribution >= 0.6 is 9.47 Å². The molecule has 4 nitrogen and oxygen atoms in total. The van der Waals surface area contributed by atoms with Crippen molar-refractivity contribution in [3.05, 3.63) is 42.0 Å². The van der Waals surface area contributed by atoms with Crippen LogP contribution in [-0.2, 0) is 0 Å². The largest absolute Gasteiger partial charge is 0.480 e. The molecule has 1 aliphatic carbocycles. The molecule has 0 saturated carbocycles. The third-order valence-corrected chi connectivity index (χ3v) is 3.24. The number of amides is 1. The van der Waals surface area contributed by atoms with E-state index in [-0.39, 0.29) is 11.9 Å². The summed E-state index contributed by atoms with van der Waals surface area (Å²) in [6, 6.07) is 6.62. The summed E-state index contributed by atoms with van der Waals surface area (Å²) in [5, 5.41) is 12.6. The minimum atomic E-state index is -0.506. The topological polar surface area (TPSA) is 58.6 Å². The van der Waals surface area contributed by atoms with Crippen LogP contribution in [0.5, 0.6) is 5.75 Å². The molecule has 0 heterocycles. The molecule has 5 heteroatoms. The van der Waals surface area contributed by atoms with Gasteiger partial charge in [-0.25, -0.2) is 0 Å². The molecule has 2 rings (SSSR count). The Bertz CT molecular complexity index is 444. The van der Waals surface area contributed by atoms with Crippen LogP contribution in [0.3, 0.4) is 0 Å². The lowest BCUT2D eigenvalue weighted by Gasteiger charge is -2.25. The van der Waals surface area contributed by atoms with Crippen LogP contribution in [0.25, 0.3) is 0 Å². The first-order valence-electron chi connectivity index (χ1n) is 5.81. The maximum absolute atomic E-state index is 12.0. The number of aliphatic hydroxyl groups is 1. The molecule has 96 valence electrons. The van der Waals surface area contributed by atoms with Crippen molar-refractivity contribution in [1.29, 1.82) is 0 Å². The van der Waals surface area contributed by atoms with Gasteiger partial charge in [0.2, 0.25) is 0 Å². The summed E-state index contributed by atoms with van der Waals surface area (Å²) < 4.78 is 4.95.